The van der Waals surface area contributed by atoms with Gasteiger partial charge in [-0.3, -0.25) is 4.79 Å². The average molecular weight is 430 g/mol. The third-order valence-electron chi connectivity index (χ3n) is 6.49. The highest BCUT2D eigenvalue weighted by atomic mass is 35.5. The summed E-state index contributed by atoms with van der Waals surface area (Å²) < 4.78 is 19.2. The molecule has 0 aliphatic carbocycles. The van der Waals surface area contributed by atoms with Crippen LogP contribution >= 0.6 is 11.6 Å². The zero-order chi connectivity index (χ0) is 20.7. The number of hydrogen-bond acceptors (Lipinski definition) is 4. The van der Waals surface area contributed by atoms with Gasteiger partial charge in [-0.25, -0.2) is 4.39 Å². The van der Waals surface area contributed by atoms with E-state index in [0.29, 0.717) is 41.9 Å². The lowest BCUT2D eigenvalue weighted by atomic mass is 9.84. The number of anilines is 1. The highest BCUT2D eigenvalue weighted by Crippen LogP contribution is 2.39. The van der Waals surface area contributed by atoms with Gasteiger partial charge in [-0.15, -0.1) is 0 Å². The molecule has 2 bridgehead atoms. The second kappa shape index (κ2) is 8.08. The number of ether oxygens (including phenoxy) is 1. The van der Waals surface area contributed by atoms with Gasteiger partial charge in [-0.1, -0.05) is 23.7 Å². The average Bonchev–Trinajstić information content (AvgIpc) is 2.76. The van der Waals surface area contributed by atoms with E-state index < -0.39 is 0 Å². The zero-order valence-corrected chi connectivity index (χ0v) is 17.5. The second-order valence-corrected chi connectivity index (χ2v) is 8.85. The number of nitrogens with one attached hydrogen (secondary N) is 1. The molecule has 2 aromatic carbocycles. The fraction of sp³-hybridized carbons (Fsp3) is 0.435. The number of nitrogens with zero attached hydrogens (tertiary/aromatic N) is 2. The zero-order valence-electron chi connectivity index (χ0n) is 16.7. The maximum Gasteiger partial charge on any atom is 0.255 e. The van der Waals surface area contributed by atoms with E-state index in [1.54, 1.807) is 18.2 Å². The topological polar surface area (TPSA) is 44.8 Å². The Balaban J connectivity index is 1.39. The van der Waals surface area contributed by atoms with E-state index in [1.807, 2.05) is 6.07 Å². The molecule has 4 aliphatic rings. The van der Waals surface area contributed by atoms with Crippen molar-refractivity contribution >= 4 is 23.2 Å². The Morgan fingerprint density at radius 3 is 2.63 bits per heavy atom. The lowest BCUT2D eigenvalue weighted by Crippen LogP contribution is -2.57. The van der Waals surface area contributed by atoms with E-state index in [9.17, 15) is 9.18 Å². The van der Waals surface area contributed by atoms with Crippen LogP contribution in [0.2, 0.25) is 5.02 Å². The Labute approximate surface area is 180 Å². The van der Waals surface area contributed by atoms with E-state index in [1.165, 1.54) is 12.1 Å². The summed E-state index contributed by atoms with van der Waals surface area (Å²) in [5, 5.41) is 3.74. The summed E-state index contributed by atoms with van der Waals surface area (Å²) in [4.78, 5) is 17.7. The van der Waals surface area contributed by atoms with Gasteiger partial charge in [-0.05, 0) is 61.7 Å². The Hall–Kier alpha value is -2.31. The normalized spacial score (nSPS) is 24.9. The number of amides is 1. The number of carbonyl (C=O) groups is 1. The minimum absolute atomic E-state index is 0.129. The van der Waals surface area contributed by atoms with Gasteiger partial charge in [0.2, 0.25) is 0 Å². The van der Waals surface area contributed by atoms with Crippen molar-refractivity contribution in [2.75, 3.05) is 37.7 Å². The third kappa shape index (κ3) is 3.86. The standard InChI is InChI=1S/C23H25ClFN3O2/c24-17-11-19(23(29)26-20-14-27-7-5-16(20)6-8-27)22-21(12-17)28(9-10-30-22)13-15-1-3-18(25)4-2-15/h1-4,11-12,16,20H,5-10,13-14H2,(H,26,29). The summed E-state index contributed by atoms with van der Waals surface area (Å²) in [5.41, 5.74) is 2.28. The summed E-state index contributed by atoms with van der Waals surface area (Å²) in [6.45, 7) is 4.92. The minimum atomic E-state index is -0.254. The van der Waals surface area contributed by atoms with Gasteiger partial charge >= 0.3 is 0 Å². The van der Waals surface area contributed by atoms with Crippen molar-refractivity contribution in [1.82, 2.24) is 10.2 Å². The number of rotatable bonds is 4. The van der Waals surface area contributed by atoms with Gasteiger partial charge in [0.05, 0.1) is 17.8 Å². The van der Waals surface area contributed by atoms with E-state index in [-0.39, 0.29) is 17.8 Å². The summed E-state index contributed by atoms with van der Waals surface area (Å²) >= 11 is 6.40. The van der Waals surface area contributed by atoms with E-state index in [0.717, 1.165) is 43.7 Å². The molecule has 4 aliphatic heterocycles. The summed E-state index contributed by atoms with van der Waals surface area (Å²) in [7, 11) is 0. The fourth-order valence-corrected chi connectivity index (χ4v) is 5.07. The molecule has 7 heteroatoms. The van der Waals surface area contributed by atoms with Crippen LogP contribution in [0.4, 0.5) is 10.1 Å². The molecule has 3 saturated heterocycles. The molecular weight excluding hydrogens is 405 g/mol. The molecule has 0 saturated carbocycles. The predicted molar refractivity (Wildman–Crippen MR) is 115 cm³/mol. The maximum absolute atomic E-state index is 13.2. The summed E-state index contributed by atoms with van der Waals surface area (Å²) in [5.74, 6) is 0.739. The van der Waals surface area contributed by atoms with Crippen molar-refractivity contribution in [1.29, 1.82) is 0 Å². The highest BCUT2D eigenvalue weighted by Gasteiger charge is 2.36. The van der Waals surface area contributed by atoms with Crippen LogP contribution in [0, 0.1) is 11.7 Å². The van der Waals surface area contributed by atoms with Gasteiger partial charge < -0.3 is 19.9 Å². The lowest BCUT2D eigenvalue weighted by molar-refractivity contribution is 0.0618. The van der Waals surface area contributed by atoms with E-state index in [4.69, 9.17) is 16.3 Å². The number of piperidine rings is 3. The quantitative estimate of drug-likeness (QED) is 0.804. The SMILES string of the molecule is O=C(NC1CN2CCC1CC2)c1cc(Cl)cc2c1OCCN2Cc1ccc(F)cc1. The van der Waals surface area contributed by atoms with Crippen molar-refractivity contribution in [2.45, 2.75) is 25.4 Å². The van der Waals surface area contributed by atoms with Crippen LogP contribution < -0.4 is 15.0 Å². The Kier molecular flexibility index (Phi) is 5.29. The number of hydrogen-bond donors (Lipinski definition) is 1. The molecule has 0 spiro atoms. The molecule has 4 heterocycles. The van der Waals surface area contributed by atoms with Crippen molar-refractivity contribution < 1.29 is 13.9 Å². The second-order valence-electron chi connectivity index (χ2n) is 8.42. The minimum Gasteiger partial charge on any atom is -0.489 e. The molecule has 0 radical (unpaired) electrons. The molecule has 0 aromatic heterocycles. The highest BCUT2D eigenvalue weighted by molar-refractivity contribution is 6.31. The van der Waals surface area contributed by atoms with Crippen molar-refractivity contribution in [2.24, 2.45) is 5.92 Å². The Morgan fingerprint density at radius 2 is 1.93 bits per heavy atom. The largest absolute Gasteiger partial charge is 0.489 e. The van der Waals surface area contributed by atoms with Crippen LogP contribution in [0.25, 0.3) is 0 Å². The molecule has 3 fully saturated rings. The number of halogens is 2. The molecular formula is C23H25ClFN3O2. The maximum atomic E-state index is 13.2. The molecule has 1 unspecified atom stereocenters. The first-order chi connectivity index (χ1) is 14.6. The Bertz CT molecular complexity index is 944. The molecule has 1 atom stereocenters. The molecule has 158 valence electrons. The first-order valence-corrected chi connectivity index (χ1v) is 10.9. The number of benzene rings is 2. The van der Waals surface area contributed by atoms with E-state index >= 15 is 0 Å². The number of fused-ring (bicyclic) bond motifs is 4. The van der Waals surface area contributed by atoms with Crippen molar-refractivity contribution in [3.8, 4) is 5.75 Å². The molecule has 1 amide bonds. The van der Waals surface area contributed by atoms with Crippen LogP contribution in [0.5, 0.6) is 5.75 Å². The molecule has 1 N–H and O–H groups in total. The monoisotopic (exact) mass is 429 g/mol. The summed E-state index contributed by atoms with van der Waals surface area (Å²) in [6, 6.07) is 10.2. The van der Waals surface area contributed by atoms with Crippen LogP contribution in [0.1, 0.15) is 28.8 Å². The molecule has 6 rings (SSSR count). The van der Waals surface area contributed by atoms with Crippen LogP contribution in [-0.2, 0) is 6.54 Å². The predicted octanol–water partition coefficient (Wildman–Crippen LogP) is 3.70. The fourth-order valence-electron chi connectivity index (χ4n) is 4.86. The van der Waals surface area contributed by atoms with Crippen LogP contribution in [0.15, 0.2) is 36.4 Å². The smallest absolute Gasteiger partial charge is 0.255 e. The first-order valence-electron chi connectivity index (χ1n) is 10.6. The van der Waals surface area contributed by atoms with Gasteiger partial charge in [0.25, 0.3) is 5.91 Å². The van der Waals surface area contributed by atoms with Crippen molar-refractivity contribution in [3.05, 3.63) is 58.4 Å². The van der Waals surface area contributed by atoms with Gasteiger partial charge in [-0.2, -0.15) is 0 Å². The third-order valence-corrected chi connectivity index (χ3v) is 6.70. The summed E-state index contributed by atoms with van der Waals surface area (Å²) in [6.07, 6.45) is 2.28. The van der Waals surface area contributed by atoms with E-state index in [2.05, 4.69) is 15.1 Å². The Morgan fingerprint density at radius 1 is 1.17 bits per heavy atom. The van der Waals surface area contributed by atoms with Crippen LogP contribution in [-0.4, -0.2) is 49.6 Å². The molecule has 30 heavy (non-hydrogen) atoms. The molecule has 5 nitrogen and oxygen atoms in total. The van der Waals surface area contributed by atoms with Gasteiger partial charge in [0.1, 0.15) is 12.4 Å². The van der Waals surface area contributed by atoms with Crippen LogP contribution in [0.3, 0.4) is 0 Å². The van der Waals surface area contributed by atoms with Gasteiger partial charge in [0, 0.05) is 24.2 Å². The van der Waals surface area contributed by atoms with Gasteiger partial charge in [0.15, 0.2) is 5.75 Å². The van der Waals surface area contributed by atoms with Crippen molar-refractivity contribution in [3.63, 3.8) is 0 Å². The first kappa shape index (κ1) is 19.6. The lowest BCUT2D eigenvalue weighted by Gasteiger charge is -2.45. The molecule has 2 aromatic rings. The number of carbonyl (C=O) groups excluding carboxylic acids is 1.